The van der Waals surface area contributed by atoms with Gasteiger partial charge >= 0.3 is 5.97 Å². The molecule has 1 heterocycles. The summed E-state index contributed by atoms with van der Waals surface area (Å²) in [5.41, 5.74) is 1.19. The highest BCUT2D eigenvalue weighted by atomic mass is 32.1. The molecular formula is C14H14FNO2S. The number of rotatable bonds is 5. The maximum Gasteiger partial charge on any atom is 0.340 e. The maximum atomic E-state index is 13.5. The minimum Gasteiger partial charge on any atom is -0.478 e. The second-order valence-electron chi connectivity index (χ2n) is 4.35. The second kappa shape index (κ2) is 5.84. The van der Waals surface area contributed by atoms with Gasteiger partial charge in [-0.3, -0.25) is 0 Å². The van der Waals surface area contributed by atoms with Crippen molar-refractivity contribution in [2.24, 2.45) is 0 Å². The summed E-state index contributed by atoms with van der Waals surface area (Å²) < 4.78 is 13.5. The Hall–Kier alpha value is -1.88. The highest BCUT2D eigenvalue weighted by Gasteiger charge is 2.16. The van der Waals surface area contributed by atoms with Crippen molar-refractivity contribution in [1.29, 1.82) is 0 Å². The molecule has 100 valence electrons. The number of carboxylic acid groups (broad SMARTS) is 1. The lowest BCUT2D eigenvalue weighted by molar-refractivity contribution is 0.0693. The molecule has 0 radical (unpaired) electrons. The molecule has 19 heavy (non-hydrogen) atoms. The molecule has 5 heteroatoms. The third kappa shape index (κ3) is 3.32. The van der Waals surface area contributed by atoms with Gasteiger partial charge in [-0.2, -0.15) is 11.3 Å². The molecule has 0 amide bonds. The van der Waals surface area contributed by atoms with Gasteiger partial charge in [-0.05, 0) is 47.9 Å². The number of hydrogen-bond donors (Lipinski definition) is 2. The number of carboxylic acids is 1. The van der Waals surface area contributed by atoms with Gasteiger partial charge in [-0.25, -0.2) is 9.18 Å². The first kappa shape index (κ1) is 13.5. The number of benzene rings is 1. The van der Waals surface area contributed by atoms with Crippen molar-refractivity contribution in [2.45, 2.75) is 19.4 Å². The van der Waals surface area contributed by atoms with Crippen LogP contribution in [0, 0.1) is 5.82 Å². The summed E-state index contributed by atoms with van der Waals surface area (Å²) in [6, 6.07) is 6.28. The van der Waals surface area contributed by atoms with Crippen molar-refractivity contribution in [3.05, 3.63) is 52.0 Å². The average molecular weight is 279 g/mol. The van der Waals surface area contributed by atoms with Crippen LogP contribution in [0.3, 0.4) is 0 Å². The highest BCUT2D eigenvalue weighted by molar-refractivity contribution is 7.07. The van der Waals surface area contributed by atoms with E-state index >= 15 is 0 Å². The molecule has 1 aromatic carbocycles. The Morgan fingerprint density at radius 3 is 2.89 bits per heavy atom. The summed E-state index contributed by atoms with van der Waals surface area (Å²) in [7, 11) is 0. The number of aromatic carboxylic acids is 1. The molecule has 0 aliphatic rings. The Balaban J connectivity index is 2.14. The smallest absolute Gasteiger partial charge is 0.340 e. The fraction of sp³-hybridized carbons (Fsp3) is 0.214. The number of thiophene rings is 1. The van der Waals surface area contributed by atoms with Crippen LogP contribution in [0.2, 0.25) is 0 Å². The number of halogens is 1. The fourth-order valence-electron chi connectivity index (χ4n) is 1.94. The van der Waals surface area contributed by atoms with Crippen molar-refractivity contribution in [3.63, 3.8) is 0 Å². The van der Waals surface area contributed by atoms with Crippen molar-refractivity contribution < 1.29 is 14.3 Å². The van der Waals surface area contributed by atoms with Gasteiger partial charge in [-0.1, -0.05) is 6.07 Å². The molecule has 0 bridgehead atoms. The molecule has 3 nitrogen and oxygen atoms in total. The summed E-state index contributed by atoms with van der Waals surface area (Å²) in [6.45, 7) is 1.94. The summed E-state index contributed by atoms with van der Waals surface area (Å²) in [4.78, 5) is 11.1. The molecule has 1 unspecified atom stereocenters. The van der Waals surface area contributed by atoms with Gasteiger partial charge in [-0.15, -0.1) is 0 Å². The third-order valence-electron chi connectivity index (χ3n) is 2.75. The minimum absolute atomic E-state index is 0.0227. The molecule has 2 aromatic rings. The topological polar surface area (TPSA) is 49.3 Å². The zero-order valence-electron chi connectivity index (χ0n) is 10.4. The van der Waals surface area contributed by atoms with Gasteiger partial charge in [0.15, 0.2) is 0 Å². The van der Waals surface area contributed by atoms with E-state index in [0.29, 0.717) is 5.69 Å². The Kier molecular flexibility index (Phi) is 4.16. The van der Waals surface area contributed by atoms with E-state index in [0.717, 1.165) is 12.5 Å². The van der Waals surface area contributed by atoms with Crippen LogP contribution in [-0.4, -0.2) is 17.1 Å². The highest BCUT2D eigenvalue weighted by Crippen LogP contribution is 2.21. The van der Waals surface area contributed by atoms with Crippen LogP contribution in [0.5, 0.6) is 0 Å². The lowest BCUT2D eigenvalue weighted by Gasteiger charge is -2.16. The summed E-state index contributed by atoms with van der Waals surface area (Å²) in [5.74, 6) is -1.98. The molecule has 0 saturated carbocycles. The van der Waals surface area contributed by atoms with Gasteiger partial charge in [0.05, 0.1) is 5.69 Å². The molecule has 1 atom stereocenters. The van der Waals surface area contributed by atoms with E-state index in [9.17, 15) is 9.18 Å². The van der Waals surface area contributed by atoms with Crippen LogP contribution in [-0.2, 0) is 6.42 Å². The van der Waals surface area contributed by atoms with Crippen LogP contribution >= 0.6 is 11.3 Å². The van der Waals surface area contributed by atoms with E-state index in [1.807, 2.05) is 23.8 Å². The van der Waals surface area contributed by atoms with Gasteiger partial charge < -0.3 is 10.4 Å². The van der Waals surface area contributed by atoms with Crippen LogP contribution in [0.1, 0.15) is 22.8 Å². The molecule has 0 spiro atoms. The van der Waals surface area contributed by atoms with Crippen molar-refractivity contribution in [2.75, 3.05) is 5.32 Å². The first-order valence-electron chi connectivity index (χ1n) is 5.87. The Morgan fingerprint density at radius 1 is 1.47 bits per heavy atom. The zero-order valence-corrected chi connectivity index (χ0v) is 11.2. The fourth-order valence-corrected chi connectivity index (χ4v) is 2.62. The number of hydrogen-bond acceptors (Lipinski definition) is 3. The van der Waals surface area contributed by atoms with Crippen molar-refractivity contribution in [1.82, 2.24) is 0 Å². The van der Waals surface area contributed by atoms with E-state index < -0.39 is 11.8 Å². The van der Waals surface area contributed by atoms with Gasteiger partial charge in [0, 0.05) is 6.04 Å². The normalized spacial score (nSPS) is 12.1. The average Bonchev–Trinajstić information content (AvgIpc) is 2.81. The largest absolute Gasteiger partial charge is 0.478 e. The lowest BCUT2D eigenvalue weighted by atomic mass is 10.1. The molecule has 2 N–H and O–H groups in total. The summed E-state index contributed by atoms with van der Waals surface area (Å²) in [6.07, 6.45) is 0.763. The number of nitrogens with one attached hydrogen (secondary N) is 1. The van der Waals surface area contributed by atoms with E-state index in [-0.39, 0.29) is 11.6 Å². The number of carbonyl (C=O) groups is 1. The maximum absolute atomic E-state index is 13.5. The lowest BCUT2D eigenvalue weighted by Crippen LogP contribution is -2.20. The molecule has 0 aliphatic heterocycles. The summed E-state index contributed by atoms with van der Waals surface area (Å²) in [5, 5.41) is 16.1. The van der Waals surface area contributed by atoms with E-state index in [1.54, 1.807) is 17.4 Å². The Morgan fingerprint density at radius 2 is 2.26 bits per heavy atom. The predicted molar refractivity (Wildman–Crippen MR) is 74.5 cm³/mol. The van der Waals surface area contributed by atoms with E-state index in [4.69, 9.17) is 5.11 Å². The van der Waals surface area contributed by atoms with Crippen molar-refractivity contribution in [3.8, 4) is 0 Å². The molecule has 0 fully saturated rings. The Labute approximate surface area is 114 Å². The van der Waals surface area contributed by atoms with Crippen molar-refractivity contribution >= 4 is 23.0 Å². The van der Waals surface area contributed by atoms with Gasteiger partial charge in [0.25, 0.3) is 0 Å². The molecule has 2 rings (SSSR count). The molecule has 1 aromatic heterocycles. The molecule has 0 saturated heterocycles. The van der Waals surface area contributed by atoms with Crippen LogP contribution in [0.4, 0.5) is 10.1 Å². The van der Waals surface area contributed by atoms with Gasteiger partial charge in [0.1, 0.15) is 11.4 Å². The standard InChI is InChI=1S/C14H14FNO2S/c1-9(7-10-5-6-19-8-10)16-12-4-2-3-11(15)13(12)14(17)18/h2-6,8-9,16H,7H2,1H3,(H,17,18). The first-order valence-corrected chi connectivity index (χ1v) is 6.81. The minimum atomic E-state index is -1.26. The zero-order chi connectivity index (χ0) is 13.8. The van der Waals surface area contributed by atoms with Crippen LogP contribution < -0.4 is 5.32 Å². The van der Waals surface area contributed by atoms with Crippen LogP contribution in [0.25, 0.3) is 0 Å². The third-order valence-corrected chi connectivity index (χ3v) is 3.48. The molecule has 0 aliphatic carbocycles. The quantitative estimate of drug-likeness (QED) is 0.878. The first-order chi connectivity index (χ1) is 9.08. The number of anilines is 1. The Bertz CT molecular complexity index is 569. The molecular weight excluding hydrogens is 265 g/mol. The monoisotopic (exact) mass is 279 g/mol. The van der Waals surface area contributed by atoms with E-state index in [2.05, 4.69) is 5.32 Å². The predicted octanol–water partition coefficient (Wildman–Crippen LogP) is 3.63. The van der Waals surface area contributed by atoms with Gasteiger partial charge in [0.2, 0.25) is 0 Å². The summed E-state index contributed by atoms with van der Waals surface area (Å²) >= 11 is 1.62. The SMILES string of the molecule is CC(Cc1ccsc1)Nc1cccc(F)c1C(=O)O. The second-order valence-corrected chi connectivity index (χ2v) is 5.13. The van der Waals surface area contributed by atoms with E-state index in [1.165, 1.54) is 11.6 Å². The van der Waals surface area contributed by atoms with Crippen LogP contribution in [0.15, 0.2) is 35.0 Å².